The van der Waals surface area contributed by atoms with E-state index in [0.717, 1.165) is 23.6 Å². The minimum atomic E-state index is -4.54. The number of phenolic OH excluding ortho intramolecular Hbond substituents is 1. The second-order valence-electron chi connectivity index (χ2n) is 18.0. The van der Waals surface area contributed by atoms with E-state index in [-0.39, 0.29) is 82.6 Å². The van der Waals surface area contributed by atoms with Crippen molar-refractivity contribution in [3.05, 3.63) is 82.5 Å². The maximum Gasteiger partial charge on any atom is 0.326 e. The number of phenols is 1. The molecule has 4 bridgehead atoms. The average Bonchev–Trinajstić information content (AvgIpc) is 3.30. The fourth-order valence-electron chi connectivity index (χ4n) is 7.42. The van der Waals surface area contributed by atoms with E-state index in [2.05, 4.69) is 46.7 Å². The monoisotopic (exact) mass is 1010 g/mol. The van der Waals surface area contributed by atoms with E-state index in [1.807, 2.05) is 16.9 Å². The number of aromatic nitrogens is 2. The molecule has 16 N–H and O–H groups in total. The summed E-state index contributed by atoms with van der Waals surface area (Å²) >= 11 is 0. The van der Waals surface area contributed by atoms with Crippen LogP contribution in [0, 0.1) is 6.92 Å². The topological polar surface area (TPSA) is 400 Å². The quantitative estimate of drug-likeness (QED) is 0.0592. The third-order valence-corrected chi connectivity index (χ3v) is 12.0. The number of carboxylic acid groups (broad SMARTS) is 1. The zero-order valence-electron chi connectivity index (χ0n) is 39.9. The first-order valence-electron chi connectivity index (χ1n) is 22.2. The second kappa shape index (κ2) is 22.8. The van der Waals surface area contributed by atoms with Crippen molar-refractivity contribution >= 4 is 45.6 Å². The minimum absolute atomic E-state index is 0.00516. The Hall–Kier alpha value is -7.00. The number of nitrogens with zero attached hydrogens (tertiary/aromatic N) is 3. The van der Waals surface area contributed by atoms with E-state index in [0.29, 0.717) is 11.1 Å². The number of fused-ring (bicyclic) bond motifs is 5. The number of carbonyl (C=O) groups excluding carboxylic acids is 4. The predicted octanol–water partition coefficient (Wildman–Crippen LogP) is -1.18. The number of aromatic hydroxyl groups is 1. The van der Waals surface area contributed by atoms with E-state index in [4.69, 9.17) is 31.8 Å². The summed E-state index contributed by atoms with van der Waals surface area (Å²) in [6.07, 6.45) is -2.72. The molecular weight excluding hydrogens is 947 g/mol. The molecule has 0 spiro atoms. The summed E-state index contributed by atoms with van der Waals surface area (Å²) in [5.74, 6) is -6.69. The van der Waals surface area contributed by atoms with E-state index in [1.165, 1.54) is 38.1 Å². The molecule has 25 heteroatoms. The Bertz CT molecular complexity index is 2730. The smallest absolute Gasteiger partial charge is 0.326 e. The number of hydrogen-bond acceptors (Lipinski definition) is 17. The van der Waals surface area contributed by atoms with Gasteiger partial charge in [-0.2, -0.15) is 13.1 Å². The van der Waals surface area contributed by atoms with Gasteiger partial charge in [-0.3, -0.25) is 19.2 Å². The fraction of sp³-hybridized carbons (Fsp3) is 0.413. The third kappa shape index (κ3) is 13.9. The summed E-state index contributed by atoms with van der Waals surface area (Å²) < 4.78 is 38.3. The minimum Gasteiger partial charge on any atom is -0.504 e. The number of amides is 4. The number of likely N-dealkylation sites (N-methyl/N-ethyl adjacent to an activating group) is 1. The summed E-state index contributed by atoms with van der Waals surface area (Å²) in [4.78, 5) is 79.4. The third-order valence-electron chi connectivity index (χ3n) is 11.4. The van der Waals surface area contributed by atoms with Crippen LogP contribution in [0.4, 0.5) is 5.82 Å². The van der Waals surface area contributed by atoms with Crippen molar-refractivity contribution in [2.24, 2.45) is 16.6 Å². The highest BCUT2D eigenvalue weighted by atomic mass is 32.2. The SMILES string of the molecule is Cc1nc(-c2ccc(C(C)(C)C)cc2)nc(N)c1C(=O)N[C@@H](CNS(N)(=O)=O)C(=O)N(C)C1C(=O)N[C@@H](C)C(=O)NC(C(=O)O)Cc2ccc(OC[C@H](O)CN)c(c2)-c2cc1cc(OC[C@H](O)CN)c2O. The van der Waals surface area contributed by atoms with E-state index in [1.54, 1.807) is 12.1 Å². The lowest BCUT2D eigenvalue weighted by molar-refractivity contribution is -0.143. The molecule has 5 rings (SSSR count). The number of carbonyl (C=O) groups is 5. The molecule has 71 heavy (non-hydrogen) atoms. The van der Waals surface area contributed by atoms with Crippen LogP contribution in [0.1, 0.15) is 66.5 Å². The van der Waals surface area contributed by atoms with Gasteiger partial charge in [0.15, 0.2) is 17.3 Å². The van der Waals surface area contributed by atoms with Crippen LogP contribution in [-0.2, 0) is 41.2 Å². The number of rotatable bonds is 17. The summed E-state index contributed by atoms with van der Waals surface area (Å²) in [5.41, 5.74) is 19.0. The molecule has 0 saturated carbocycles. The number of anilines is 1. The van der Waals surface area contributed by atoms with Gasteiger partial charge in [0.1, 0.15) is 66.7 Å². The maximum absolute atomic E-state index is 14.9. The molecule has 0 radical (unpaired) electrons. The van der Waals surface area contributed by atoms with Crippen molar-refractivity contribution in [2.45, 2.75) is 82.8 Å². The number of hydrogen-bond donors (Lipinski definition) is 12. The molecule has 4 amide bonds. The van der Waals surface area contributed by atoms with Gasteiger partial charge < -0.3 is 68.0 Å². The van der Waals surface area contributed by atoms with Gasteiger partial charge in [0, 0.05) is 49.8 Å². The number of aliphatic hydroxyl groups is 2. The first-order chi connectivity index (χ1) is 33.2. The lowest BCUT2D eigenvalue weighted by Crippen LogP contribution is -2.57. The Morgan fingerprint density at radius 3 is 2.10 bits per heavy atom. The normalized spacial score (nSPS) is 17.6. The molecule has 6 atom stereocenters. The predicted molar refractivity (Wildman–Crippen MR) is 259 cm³/mol. The van der Waals surface area contributed by atoms with Crippen molar-refractivity contribution in [2.75, 3.05) is 45.6 Å². The van der Waals surface area contributed by atoms with Crippen LogP contribution in [0.2, 0.25) is 0 Å². The molecule has 0 fully saturated rings. The van der Waals surface area contributed by atoms with Crippen LogP contribution in [0.15, 0.2) is 54.6 Å². The summed E-state index contributed by atoms with van der Waals surface area (Å²) in [6, 6.07) is 7.41. The molecule has 0 saturated heterocycles. The van der Waals surface area contributed by atoms with E-state index in [9.17, 15) is 52.8 Å². The highest BCUT2D eigenvalue weighted by Gasteiger charge is 2.38. The molecule has 2 unspecified atom stereocenters. The molecule has 3 aromatic carbocycles. The van der Waals surface area contributed by atoms with E-state index >= 15 is 0 Å². The van der Waals surface area contributed by atoms with Crippen LogP contribution < -0.4 is 52.5 Å². The van der Waals surface area contributed by atoms with Gasteiger partial charge in [0.25, 0.3) is 16.1 Å². The van der Waals surface area contributed by atoms with Crippen molar-refractivity contribution in [3.8, 4) is 39.8 Å². The van der Waals surface area contributed by atoms with Crippen molar-refractivity contribution in [1.82, 2.24) is 35.5 Å². The number of nitrogen functional groups attached to an aromatic ring is 1. The standard InChI is InChI=1S/C46H61N11O13S/c1-22-36(39(49)56-40(52-22)25-8-10-27(11-9-25)46(3,4)5)42(62)55-33(19-51-71(50,67)68)44(64)57(6)37-26-15-31(38(60)35(16-26)70-21-29(59)18-48)30-13-24(7-12-34(30)69-20-28(58)17-47)14-32(45(65)66)54-41(61)23(2)53-43(37)63/h7-13,15-16,23,28-29,32-33,37,51,58-60H,14,17-21,47-48H2,1-6H3,(H,53,63)(H,54,61)(H,55,62)(H,65,66)(H2,49,52,56)(H2,50,67,68)/t23-,28+,29+,32?,33-,37?/m0/s1. The van der Waals surface area contributed by atoms with Gasteiger partial charge in [-0.15, -0.1) is 0 Å². The molecule has 1 aliphatic heterocycles. The van der Waals surface area contributed by atoms with Crippen LogP contribution in [-0.4, -0.2) is 144 Å². The zero-order valence-corrected chi connectivity index (χ0v) is 40.7. The van der Waals surface area contributed by atoms with Gasteiger partial charge >= 0.3 is 5.97 Å². The number of benzene rings is 3. The largest absolute Gasteiger partial charge is 0.504 e. The molecule has 0 aliphatic carbocycles. The second-order valence-corrected chi connectivity index (χ2v) is 19.4. The number of aryl methyl sites for hydroxylation is 1. The van der Waals surface area contributed by atoms with Crippen molar-refractivity contribution in [3.63, 3.8) is 0 Å². The zero-order chi connectivity index (χ0) is 52.7. The van der Waals surface area contributed by atoms with Gasteiger partial charge in [-0.1, -0.05) is 51.1 Å². The highest BCUT2D eigenvalue weighted by Crippen LogP contribution is 2.45. The Labute approximate surface area is 409 Å². The van der Waals surface area contributed by atoms with Crippen molar-refractivity contribution < 1.29 is 62.3 Å². The summed E-state index contributed by atoms with van der Waals surface area (Å²) in [7, 11) is -3.42. The van der Waals surface area contributed by atoms with Gasteiger partial charge in [0.05, 0.1) is 5.69 Å². The summed E-state index contributed by atoms with van der Waals surface area (Å²) in [5, 5.41) is 55.3. The van der Waals surface area contributed by atoms with E-state index < -0.39 is 95.1 Å². The molecule has 4 aromatic rings. The Morgan fingerprint density at radius 2 is 1.54 bits per heavy atom. The molecule has 1 aliphatic rings. The Balaban J connectivity index is 1.67. The Morgan fingerprint density at radius 1 is 0.915 bits per heavy atom. The van der Waals surface area contributed by atoms with Crippen LogP contribution in [0.5, 0.6) is 17.2 Å². The summed E-state index contributed by atoms with van der Waals surface area (Å²) in [6.45, 7) is 6.69. The van der Waals surface area contributed by atoms with Crippen LogP contribution in [0.3, 0.4) is 0 Å². The maximum atomic E-state index is 14.9. The molecule has 1 aromatic heterocycles. The number of carboxylic acids is 1. The molecule has 2 heterocycles. The molecule has 24 nitrogen and oxygen atoms in total. The lowest BCUT2D eigenvalue weighted by atomic mass is 9.86. The number of aliphatic carboxylic acids is 1. The lowest BCUT2D eigenvalue weighted by Gasteiger charge is -2.33. The first kappa shape index (κ1) is 54.9. The number of ether oxygens (including phenoxy) is 2. The number of aliphatic hydroxyl groups excluding tert-OH is 2. The van der Waals surface area contributed by atoms with Gasteiger partial charge in [-0.05, 0) is 60.2 Å². The van der Waals surface area contributed by atoms with Gasteiger partial charge in [0.2, 0.25) is 17.7 Å². The molecule has 384 valence electrons. The fourth-order valence-corrected chi connectivity index (χ4v) is 7.82. The van der Waals surface area contributed by atoms with Crippen LogP contribution in [0.25, 0.3) is 22.5 Å². The molecular formula is C46H61N11O13S. The van der Waals surface area contributed by atoms with Gasteiger partial charge in [-0.25, -0.2) is 19.9 Å². The number of nitrogens with two attached hydrogens (primary N) is 4. The highest BCUT2D eigenvalue weighted by molar-refractivity contribution is 7.87. The first-order valence-corrected chi connectivity index (χ1v) is 23.7. The van der Waals surface area contributed by atoms with Crippen LogP contribution >= 0.6 is 0 Å². The average molecular weight is 1010 g/mol. The number of nitrogens with one attached hydrogen (secondary N) is 4. The van der Waals surface area contributed by atoms with Crippen molar-refractivity contribution in [1.29, 1.82) is 0 Å². The Kier molecular flexibility index (Phi) is 17.7.